The van der Waals surface area contributed by atoms with Gasteiger partial charge in [-0.15, -0.1) is 0 Å². The second-order valence-corrected chi connectivity index (χ2v) is 5.59. The highest BCUT2D eigenvalue weighted by molar-refractivity contribution is 6.56. The largest absolute Gasteiger partial charge is 0.244 e. The van der Waals surface area contributed by atoms with Crippen LogP contribution in [0.1, 0.15) is 0 Å². The van der Waals surface area contributed by atoms with E-state index in [1.54, 1.807) is 12.1 Å². The number of pyridine rings is 1. The smallest absolute Gasteiger partial charge is 0.129 e. The summed E-state index contributed by atoms with van der Waals surface area (Å²) >= 11 is 35.9. The molecule has 1 nitrogen and oxygen atoms in total. The average Bonchev–Trinajstić information content (AvgIpc) is 2.36. The fraction of sp³-hybridized carbons (Fsp3) is 0. The Morgan fingerprint density at radius 1 is 0.667 bits per heavy atom. The zero-order valence-corrected chi connectivity index (χ0v) is 13.0. The molecule has 2 rings (SSSR count). The second-order valence-electron chi connectivity index (χ2n) is 3.31. The van der Waals surface area contributed by atoms with E-state index in [1.807, 2.05) is 0 Å². The summed E-state index contributed by atoms with van der Waals surface area (Å²) in [7, 11) is 0. The molecule has 0 saturated carbocycles. The molecule has 1 heterocycles. The summed E-state index contributed by atoms with van der Waals surface area (Å²) in [4.78, 5) is 3.95. The van der Waals surface area contributed by atoms with E-state index in [0.717, 1.165) is 0 Å². The first kappa shape index (κ1) is 14.5. The number of halogens is 6. The minimum atomic E-state index is 0.124. The van der Waals surface area contributed by atoms with E-state index in [-0.39, 0.29) is 25.1 Å². The zero-order valence-electron chi connectivity index (χ0n) is 8.45. The first-order valence-electron chi connectivity index (χ1n) is 4.57. The summed E-state index contributed by atoms with van der Waals surface area (Å²) < 4.78 is 0. The fourth-order valence-corrected chi connectivity index (χ4v) is 2.85. The minimum absolute atomic E-state index is 0.124. The number of hydrogen-bond donors (Lipinski definition) is 0. The highest BCUT2D eigenvalue weighted by Gasteiger charge is 2.20. The first-order valence-corrected chi connectivity index (χ1v) is 6.83. The summed E-state index contributed by atoms with van der Waals surface area (Å²) in [6, 6.07) is 3.32. The fourth-order valence-electron chi connectivity index (χ4n) is 1.38. The minimum Gasteiger partial charge on any atom is -0.244 e. The van der Waals surface area contributed by atoms with Crippen LogP contribution in [0.5, 0.6) is 0 Å². The Balaban J connectivity index is 2.75. The van der Waals surface area contributed by atoms with E-state index >= 15 is 0 Å². The Morgan fingerprint density at radius 3 is 1.61 bits per heavy atom. The molecular weight excluding hydrogens is 359 g/mol. The third-order valence-corrected chi connectivity index (χ3v) is 4.73. The van der Waals surface area contributed by atoms with E-state index in [4.69, 9.17) is 69.6 Å². The van der Waals surface area contributed by atoms with Crippen LogP contribution in [0.25, 0.3) is 11.1 Å². The molecule has 0 N–H and O–H groups in total. The zero-order chi connectivity index (χ0) is 13.4. The molecule has 0 unspecified atom stereocenters. The molecule has 0 aliphatic rings. The second kappa shape index (κ2) is 5.62. The van der Waals surface area contributed by atoms with Crippen molar-refractivity contribution in [1.29, 1.82) is 0 Å². The van der Waals surface area contributed by atoms with Crippen LogP contribution in [0.2, 0.25) is 30.3 Å². The van der Waals surface area contributed by atoms with Crippen LogP contribution in [0.3, 0.4) is 0 Å². The van der Waals surface area contributed by atoms with Crippen molar-refractivity contribution in [3.05, 3.63) is 48.6 Å². The third-order valence-electron chi connectivity index (χ3n) is 2.23. The third kappa shape index (κ3) is 2.53. The van der Waals surface area contributed by atoms with Crippen molar-refractivity contribution in [1.82, 2.24) is 4.98 Å². The molecule has 18 heavy (non-hydrogen) atoms. The van der Waals surface area contributed by atoms with Crippen molar-refractivity contribution in [2.24, 2.45) is 0 Å². The van der Waals surface area contributed by atoms with Gasteiger partial charge in [0.05, 0.1) is 25.1 Å². The molecule has 0 spiro atoms. The number of rotatable bonds is 1. The van der Waals surface area contributed by atoms with Crippen molar-refractivity contribution < 1.29 is 0 Å². The number of aromatic nitrogens is 1. The predicted molar refractivity (Wildman–Crippen MR) is 79.7 cm³/mol. The molecule has 0 fully saturated rings. The van der Waals surface area contributed by atoms with E-state index in [1.165, 1.54) is 6.20 Å². The van der Waals surface area contributed by atoms with Crippen LogP contribution in [-0.2, 0) is 0 Å². The molecule has 0 bridgehead atoms. The molecule has 0 atom stereocenters. The topological polar surface area (TPSA) is 12.9 Å². The Bertz CT molecular complexity index is 579. The van der Waals surface area contributed by atoms with Crippen molar-refractivity contribution >= 4 is 69.6 Å². The van der Waals surface area contributed by atoms with Crippen molar-refractivity contribution in [3.63, 3.8) is 0 Å². The van der Waals surface area contributed by atoms with Gasteiger partial charge in [0.25, 0.3) is 0 Å². The van der Waals surface area contributed by atoms with Crippen molar-refractivity contribution in [3.8, 4) is 11.1 Å². The lowest BCUT2D eigenvalue weighted by molar-refractivity contribution is 1.33. The molecule has 0 saturated heterocycles. The van der Waals surface area contributed by atoms with Crippen LogP contribution < -0.4 is 0 Å². The van der Waals surface area contributed by atoms with Crippen LogP contribution >= 0.6 is 69.6 Å². The van der Waals surface area contributed by atoms with E-state index in [9.17, 15) is 0 Å². The van der Waals surface area contributed by atoms with Gasteiger partial charge in [-0.2, -0.15) is 0 Å². The monoisotopic (exact) mass is 359 g/mol. The van der Waals surface area contributed by atoms with Crippen LogP contribution in [0.4, 0.5) is 0 Å². The summed E-state index contributed by atoms with van der Waals surface area (Å²) in [5.74, 6) is 0. The van der Waals surface area contributed by atoms with Crippen LogP contribution in [0, 0.1) is 0 Å². The van der Waals surface area contributed by atoms with Gasteiger partial charge >= 0.3 is 0 Å². The highest BCUT2D eigenvalue weighted by Crippen LogP contribution is 2.48. The van der Waals surface area contributed by atoms with E-state index < -0.39 is 0 Å². The maximum Gasteiger partial charge on any atom is 0.129 e. The lowest BCUT2D eigenvalue weighted by Gasteiger charge is -2.12. The Hall–Kier alpha value is 0.110. The number of nitrogens with zero attached hydrogens (tertiary/aromatic N) is 1. The van der Waals surface area contributed by atoms with Gasteiger partial charge in [-0.3, -0.25) is 0 Å². The van der Waals surface area contributed by atoms with Crippen molar-refractivity contribution in [2.45, 2.75) is 0 Å². The highest BCUT2D eigenvalue weighted by atomic mass is 35.5. The molecule has 94 valence electrons. The quantitative estimate of drug-likeness (QED) is 0.314. The van der Waals surface area contributed by atoms with Gasteiger partial charge in [-0.25, -0.2) is 4.98 Å². The number of hydrogen-bond acceptors (Lipinski definition) is 1. The SMILES string of the molecule is Clc1ccc(-c2c(Cl)c(Cl)c(Cl)c(Cl)c2Cl)cn1. The molecule has 1 aromatic carbocycles. The maximum atomic E-state index is 6.13. The predicted octanol–water partition coefficient (Wildman–Crippen LogP) is 6.67. The van der Waals surface area contributed by atoms with E-state index in [0.29, 0.717) is 16.3 Å². The molecule has 0 radical (unpaired) electrons. The van der Waals surface area contributed by atoms with Gasteiger partial charge in [0.2, 0.25) is 0 Å². The summed E-state index contributed by atoms with van der Waals surface area (Å²) in [5, 5.41) is 1.23. The van der Waals surface area contributed by atoms with Gasteiger partial charge in [-0.1, -0.05) is 69.6 Å². The van der Waals surface area contributed by atoms with Crippen LogP contribution in [-0.4, -0.2) is 4.98 Å². The Labute approximate surface area is 134 Å². The Kier molecular flexibility index (Phi) is 4.53. The first-order chi connectivity index (χ1) is 8.43. The molecule has 2 aromatic rings. The average molecular weight is 362 g/mol. The van der Waals surface area contributed by atoms with Gasteiger partial charge in [0.15, 0.2) is 0 Å². The summed E-state index contributed by atoms with van der Waals surface area (Å²) in [5.41, 5.74) is 1.12. The van der Waals surface area contributed by atoms with Gasteiger partial charge in [0, 0.05) is 17.3 Å². The Morgan fingerprint density at radius 2 is 1.17 bits per heavy atom. The van der Waals surface area contributed by atoms with E-state index in [2.05, 4.69) is 4.98 Å². The molecular formula is C11H3Cl6N. The normalized spacial score (nSPS) is 10.8. The van der Waals surface area contributed by atoms with Gasteiger partial charge in [-0.05, 0) is 12.1 Å². The summed E-state index contributed by atoms with van der Waals surface area (Å²) in [6.07, 6.45) is 1.52. The van der Waals surface area contributed by atoms with Gasteiger partial charge in [0.1, 0.15) is 5.15 Å². The number of benzene rings is 1. The lowest BCUT2D eigenvalue weighted by atomic mass is 10.1. The van der Waals surface area contributed by atoms with Crippen LogP contribution in [0.15, 0.2) is 18.3 Å². The maximum absolute atomic E-state index is 6.13. The molecule has 0 amide bonds. The van der Waals surface area contributed by atoms with Gasteiger partial charge < -0.3 is 0 Å². The molecule has 1 aromatic heterocycles. The molecule has 7 heteroatoms. The van der Waals surface area contributed by atoms with Crippen molar-refractivity contribution in [2.75, 3.05) is 0 Å². The molecule has 0 aliphatic heterocycles. The summed E-state index contributed by atoms with van der Waals surface area (Å²) in [6.45, 7) is 0. The standard InChI is InChI=1S/C11H3Cl6N/c12-5-2-1-4(3-18-5)6-7(13)9(15)11(17)10(16)8(6)14/h1-3H. The molecule has 0 aliphatic carbocycles. The lowest BCUT2D eigenvalue weighted by Crippen LogP contribution is -1.87.